The lowest BCUT2D eigenvalue weighted by atomic mass is 10.0. The Balaban J connectivity index is 3.43. The summed E-state index contributed by atoms with van der Waals surface area (Å²) in [7, 11) is 0. The summed E-state index contributed by atoms with van der Waals surface area (Å²) in [5.74, 6) is -0.0395. The van der Waals surface area contributed by atoms with Crippen molar-refractivity contribution in [2.45, 2.75) is 347 Å². The molecular weight excluding hydrogens is 807 g/mol. The Morgan fingerprint density at radius 2 is 0.621 bits per heavy atom. The largest absolute Gasteiger partial charge is 0.394 e. The molecule has 390 valence electrons. The lowest BCUT2D eigenvalue weighted by Crippen LogP contribution is -2.45. The number of aliphatic hydroxyl groups excluding tert-OH is 2. The molecule has 0 aliphatic heterocycles. The molecule has 0 radical (unpaired) electrons. The van der Waals surface area contributed by atoms with Gasteiger partial charge in [0, 0.05) is 6.42 Å². The molecule has 2 atom stereocenters. The summed E-state index contributed by atoms with van der Waals surface area (Å²) in [6, 6.07) is -0.545. The second kappa shape index (κ2) is 57.9. The normalized spacial score (nSPS) is 13.0. The number of amides is 1. The van der Waals surface area contributed by atoms with Crippen LogP contribution in [0.2, 0.25) is 0 Å². The van der Waals surface area contributed by atoms with E-state index >= 15 is 0 Å². The van der Waals surface area contributed by atoms with Crippen molar-refractivity contribution >= 4 is 5.91 Å². The molecule has 4 heteroatoms. The summed E-state index contributed by atoms with van der Waals surface area (Å²) in [5, 5.41) is 23.4. The quantitative estimate of drug-likeness (QED) is 0.0420. The number of nitrogens with one attached hydrogen (secondary N) is 1. The molecule has 0 heterocycles. The predicted molar refractivity (Wildman–Crippen MR) is 295 cm³/mol. The SMILES string of the molecule is CCCCCCC/C=C\C/C=C\C/C=C\CCCCCCCCC(=O)NC(CO)C(O)CCCCCCCCCCCCCCCCCCCCCCCCCCCCCCCCCCC. The number of hydrogen-bond acceptors (Lipinski definition) is 3. The van der Waals surface area contributed by atoms with Crippen molar-refractivity contribution in [3.05, 3.63) is 36.5 Å². The van der Waals surface area contributed by atoms with Crippen LogP contribution in [-0.4, -0.2) is 34.9 Å². The van der Waals surface area contributed by atoms with Gasteiger partial charge in [-0.15, -0.1) is 0 Å². The van der Waals surface area contributed by atoms with Gasteiger partial charge in [0.1, 0.15) is 0 Å². The fourth-order valence-electron chi connectivity index (χ4n) is 9.55. The molecule has 4 nitrogen and oxygen atoms in total. The molecule has 1 amide bonds. The van der Waals surface area contributed by atoms with Gasteiger partial charge in [0.2, 0.25) is 5.91 Å². The van der Waals surface area contributed by atoms with Crippen LogP contribution < -0.4 is 5.32 Å². The summed E-state index contributed by atoms with van der Waals surface area (Å²) in [5.41, 5.74) is 0. The van der Waals surface area contributed by atoms with Gasteiger partial charge in [0.25, 0.3) is 0 Å². The van der Waals surface area contributed by atoms with Crippen LogP contribution in [0.5, 0.6) is 0 Å². The maximum Gasteiger partial charge on any atom is 0.220 e. The maximum atomic E-state index is 12.5. The fourth-order valence-corrected chi connectivity index (χ4v) is 9.55. The lowest BCUT2D eigenvalue weighted by molar-refractivity contribution is -0.123. The molecule has 2 unspecified atom stereocenters. The Bertz CT molecular complexity index is 1010. The third-order valence-corrected chi connectivity index (χ3v) is 14.2. The third kappa shape index (κ3) is 53.6. The van der Waals surface area contributed by atoms with E-state index in [1.165, 1.54) is 257 Å². The summed E-state index contributed by atoms with van der Waals surface area (Å²) in [4.78, 5) is 12.5. The minimum atomic E-state index is -0.667. The highest BCUT2D eigenvalue weighted by Crippen LogP contribution is 2.18. The number of allylic oxidation sites excluding steroid dienone is 6. The van der Waals surface area contributed by atoms with Crippen LogP contribution in [-0.2, 0) is 4.79 Å². The summed E-state index contributed by atoms with van der Waals surface area (Å²) in [6.07, 6.45) is 78.7. The monoisotopic (exact) mass is 926 g/mol. The molecule has 0 saturated carbocycles. The zero-order chi connectivity index (χ0) is 47.7. The van der Waals surface area contributed by atoms with Crippen LogP contribution in [0.4, 0.5) is 0 Å². The first-order valence-electron chi connectivity index (χ1n) is 30.2. The zero-order valence-corrected chi connectivity index (χ0v) is 45.0. The second-order valence-electron chi connectivity index (χ2n) is 20.8. The number of rotatable bonds is 56. The maximum absolute atomic E-state index is 12.5. The van der Waals surface area contributed by atoms with Crippen molar-refractivity contribution in [2.75, 3.05) is 6.61 Å². The van der Waals surface area contributed by atoms with E-state index in [-0.39, 0.29) is 12.5 Å². The Morgan fingerprint density at radius 1 is 0.364 bits per heavy atom. The number of carbonyl (C=O) groups excluding carboxylic acids is 1. The molecular formula is C62H119NO3. The van der Waals surface area contributed by atoms with Crippen molar-refractivity contribution in [3.63, 3.8) is 0 Å². The fraction of sp³-hybridized carbons (Fsp3) is 0.887. The average molecular weight is 927 g/mol. The van der Waals surface area contributed by atoms with Crippen molar-refractivity contribution in [3.8, 4) is 0 Å². The van der Waals surface area contributed by atoms with Crippen molar-refractivity contribution in [1.29, 1.82) is 0 Å². The van der Waals surface area contributed by atoms with Gasteiger partial charge >= 0.3 is 0 Å². The third-order valence-electron chi connectivity index (χ3n) is 14.2. The molecule has 0 saturated heterocycles. The van der Waals surface area contributed by atoms with Crippen LogP contribution in [0.15, 0.2) is 36.5 Å². The Labute approximate surface area is 414 Å². The van der Waals surface area contributed by atoms with E-state index < -0.39 is 12.1 Å². The van der Waals surface area contributed by atoms with Gasteiger partial charge in [-0.25, -0.2) is 0 Å². The first-order chi connectivity index (χ1) is 32.7. The molecule has 0 aliphatic rings. The van der Waals surface area contributed by atoms with E-state index in [0.29, 0.717) is 12.8 Å². The van der Waals surface area contributed by atoms with Crippen molar-refractivity contribution in [2.24, 2.45) is 0 Å². The molecule has 0 bridgehead atoms. The molecule has 0 spiro atoms. The van der Waals surface area contributed by atoms with Crippen molar-refractivity contribution in [1.82, 2.24) is 5.32 Å². The van der Waals surface area contributed by atoms with Crippen LogP contribution >= 0.6 is 0 Å². The standard InChI is InChI=1S/C62H119NO3/c1-3-5-7-9-11-13-15-17-19-21-23-25-26-27-28-29-30-31-32-33-34-35-36-38-39-41-43-45-47-49-51-53-55-57-61(65)60(59-64)63-62(66)58-56-54-52-50-48-46-44-42-40-37-24-22-20-18-16-14-12-10-8-6-4-2/h16,18,22,24,40,42,60-61,64-65H,3-15,17,19-21,23,25-39,41,43-59H2,1-2H3,(H,63,66)/b18-16-,24-22-,42-40-. The summed E-state index contributed by atoms with van der Waals surface area (Å²) in [6.45, 7) is 4.37. The zero-order valence-electron chi connectivity index (χ0n) is 45.0. The average Bonchev–Trinajstić information content (AvgIpc) is 3.32. The first kappa shape index (κ1) is 64.6. The highest BCUT2D eigenvalue weighted by atomic mass is 16.3. The molecule has 0 rings (SSSR count). The van der Waals surface area contributed by atoms with E-state index in [2.05, 4.69) is 55.6 Å². The Morgan fingerprint density at radius 3 is 0.924 bits per heavy atom. The van der Waals surface area contributed by atoms with Gasteiger partial charge in [-0.05, 0) is 51.4 Å². The second-order valence-corrected chi connectivity index (χ2v) is 20.8. The molecule has 0 aromatic heterocycles. The Kier molecular flexibility index (Phi) is 56.7. The smallest absolute Gasteiger partial charge is 0.220 e. The van der Waals surface area contributed by atoms with Gasteiger partial charge in [0.05, 0.1) is 18.8 Å². The van der Waals surface area contributed by atoms with Crippen LogP contribution in [0.25, 0.3) is 0 Å². The first-order valence-corrected chi connectivity index (χ1v) is 30.2. The van der Waals surface area contributed by atoms with E-state index in [1.807, 2.05) is 0 Å². The van der Waals surface area contributed by atoms with Gasteiger partial charge in [-0.3, -0.25) is 4.79 Å². The van der Waals surface area contributed by atoms with Crippen molar-refractivity contribution < 1.29 is 15.0 Å². The molecule has 0 aromatic rings. The summed E-state index contributed by atoms with van der Waals surface area (Å²) < 4.78 is 0. The van der Waals surface area contributed by atoms with E-state index in [4.69, 9.17) is 0 Å². The Hall–Kier alpha value is -1.39. The van der Waals surface area contributed by atoms with E-state index in [0.717, 1.165) is 51.4 Å². The van der Waals surface area contributed by atoms with Gasteiger partial charge in [-0.1, -0.05) is 314 Å². The molecule has 0 aliphatic carbocycles. The van der Waals surface area contributed by atoms with Crippen LogP contribution in [0.3, 0.4) is 0 Å². The number of unbranched alkanes of at least 4 members (excludes halogenated alkanes) is 43. The minimum Gasteiger partial charge on any atom is -0.394 e. The van der Waals surface area contributed by atoms with E-state index in [9.17, 15) is 15.0 Å². The summed E-state index contributed by atoms with van der Waals surface area (Å²) >= 11 is 0. The number of aliphatic hydroxyl groups is 2. The van der Waals surface area contributed by atoms with Crippen LogP contribution in [0, 0.1) is 0 Å². The van der Waals surface area contributed by atoms with Crippen LogP contribution in [0.1, 0.15) is 335 Å². The molecule has 66 heavy (non-hydrogen) atoms. The highest BCUT2D eigenvalue weighted by molar-refractivity contribution is 5.76. The predicted octanol–water partition coefficient (Wildman–Crippen LogP) is 20.0. The molecule has 3 N–H and O–H groups in total. The number of carbonyl (C=O) groups is 1. The van der Waals surface area contributed by atoms with E-state index in [1.54, 1.807) is 0 Å². The van der Waals surface area contributed by atoms with Gasteiger partial charge in [0.15, 0.2) is 0 Å². The number of hydrogen-bond donors (Lipinski definition) is 3. The minimum absolute atomic E-state index is 0.0395. The molecule has 0 aromatic carbocycles. The topological polar surface area (TPSA) is 69.6 Å². The highest BCUT2D eigenvalue weighted by Gasteiger charge is 2.20. The van der Waals surface area contributed by atoms with Gasteiger partial charge in [-0.2, -0.15) is 0 Å². The van der Waals surface area contributed by atoms with Gasteiger partial charge < -0.3 is 15.5 Å². The lowest BCUT2D eigenvalue weighted by Gasteiger charge is -2.22. The molecule has 0 fully saturated rings.